The monoisotopic (exact) mass is 416 g/mol. The summed E-state index contributed by atoms with van der Waals surface area (Å²) in [5, 5.41) is 1.29. The third-order valence-corrected chi connectivity index (χ3v) is 4.67. The van der Waals surface area contributed by atoms with Crippen LogP contribution in [0.25, 0.3) is 10.8 Å². The molecule has 0 aliphatic rings. The smallest absolute Gasteiger partial charge is 0.434 e. The van der Waals surface area contributed by atoms with Crippen LogP contribution in [0.15, 0.2) is 36.4 Å². The summed E-state index contributed by atoms with van der Waals surface area (Å²) in [4.78, 5) is 24.0. The van der Waals surface area contributed by atoms with Gasteiger partial charge in [0, 0.05) is 10.8 Å². The fourth-order valence-electron chi connectivity index (χ4n) is 3.03. The van der Waals surface area contributed by atoms with Gasteiger partial charge in [0.25, 0.3) is 0 Å². The standard InChI is InChI=1S/C24H32O6/c1-3-5-7-11-17-27-23(25)29-21-15-16-22(20-14-10-9-13-19(20)21)30-24(26)28-18-12-8-6-4-2/h9-10,13-16H,3-8,11-12,17-18H2,1-2H3. The number of carbonyl (C=O) groups is 2. The first-order valence-corrected chi connectivity index (χ1v) is 10.9. The zero-order valence-electron chi connectivity index (χ0n) is 18.0. The Morgan fingerprint density at radius 2 is 1.07 bits per heavy atom. The van der Waals surface area contributed by atoms with Gasteiger partial charge in [-0.25, -0.2) is 9.59 Å². The largest absolute Gasteiger partial charge is 0.513 e. The maximum atomic E-state index is 12.0. The van der Waals surface area contributed by atoms with Gasteiger partial charge in [0.1, 0.15) is 11.5 Å². The molecule has 0 heterocycles. The summed E-state index contributed by atoms with van der Waals surface area (Å²) in [6.45, 7) is 4.92. The minimum Gasteiger partial charge on any atom is -0.434 e. The van der Waals surface area contributed by atoms with Gasteiger partial charge < -0.3 is 18.9 Å². The van der Waals surface area contributed by atoms with Crippen LogP contribution in [0.4, 0.5) is 9.59 Å². The van der Waals surface area contributed by atoms with E-state index in [-0.39, 0.29) is 0 Å². The third kappa shape index (κ3) is 7.93. The van der Waals surface area contributed by atoms with Crippen LogP contribution < -0.4 is 9.47 Å². The molecule has 0 radical (unpaired) electrons. The van der Waals surface area contributed by atoms with Gasteiger partial charge >= 0.3 is 12.3 Å². The molecule has 6 heteroatoms. The van der Waals surface area contributed by atoms with E-state index in [1.54, 1.807) is 24.3 Å². The molecule has 0 saturated carbocycles. The molecular weight excluding hydrogens is 384 g/mol. The lowest BCUT2D eigenvalue weighted by Gasteiger charge is -2.12. The summed E-state index contributed by atoms with van der Waals surface area (Å²) in [6.07, 6.45) is 6.68. The van der Waals surface area contributed by atoms with E-state index in [2.05, 4.69) is 13.8 Å². The summed E-state index contributed by atoms with van der Waals surface area (Å²) in [5.41, 5.74) is 0. The summed E-state index contributed by atoms with van der Waals surface area (Å²) >= 11 is 0. The van der Waals surface area contributed by atoms with Gasteiger partial charge in [-0.3, -0.25) is 0 Å². The van der Waals surface area contributed by atoms with Crippen molar-refractivity contribution >= 4 is 23.1 Å². The molecule has 0 bridgehead atoms. The molecule has 0 spiro atoms. The molecule has 0 unspecified atom stereocenters. The molecule has 0 aliphatic carbocycles. The van der Waals surface area contributed by atoms with E-state index in [1.165, 1.54) is 0 Å². The van der Waals surface area contributed by atoms with E-state index in [9.17, 15) is 9.59 Å². The molecular formula is C24H32O6. The van der Waals surface area contributed by atoms with Crippen molar-refractivity contribution in [1.82, 2.24) is 0 Å². The zero-order chi connectivity index (χ0) is 21.6. The van der Waals surface area contributed by atoms with Gasteiger partial charge in [-0.15, -0.1) is 0 Å². The van der Waals surface area contributed by atoms with Gasteiger partial charge in [-0.05, 0) is 25.0 Å². The molecule has 2 rings (SSSR count). The average molecular weight is 417 g/mol. The van der Waals surface area contributed by atoms with Crippen LogP contribution in [0.5, 0.6) is 11.5 Å². The normalized spacial score (nSPS) is 10.6. The van der Waals surface area contributed by atoms with Crippen LogP contribution in [0.3, 0.4) is 0 Å². The van der Waals surface area contributed by atoms with E-state index in [1.807, 2.05) is 12.1 Å². The Balaban J connectivity index is 1.95. The molecule has 30 heavy (non-hydrogen) atoms. The quantitative estimate of drug-likeness (QED) is 0.210. The molecule has 2 aromatic rings. The zero-order valence-corrected chi connectivity index (χ0v) is 18.0. The van der Waals surface area contributed by atoms with Crippen molar-refractivity contribution < 1.29 is 28.5 Å². The maximum absolute atomic E-state index is 12.0. The van der Waals surface area contributed by atoms with E-state index < -0.39 is 12.3 Å². The summed E-state index contributed by atoms with van der Waals surface area (Å²) in [7, 11) is 0. The van der Waals surface area contributed by atoms with Crippen molar-refractivity contribution in [2.45, 2.75) is 65.2 Å². The molecule has 0 fully saturated rings. The highest BCUT2D eigenvalue weighted by Crippen LogP contribution is 2.33. The van der Waals surface area contributed by atoms with E-state index in [0.717, 1.165) is 51.4 Å². The second-order valence-corrected chi connectivity index (χ2v) is 7.13. The summed E-state index contributed by atoms with van der Waals surface area (Å²) in [6, 6.07) is 10.4. The topological polar surface area (TPSA) is 71.1 Å². The predicted molar refractivity (Wildman–Crippen MR) is 116 cm³/mol. The molecule has 0 saturated heterocycles. The second-order valence-electron chi connectivity index (χ2n) is 7.13. The summed E-state index contributed by atoms with van der Waals surface area (Å²) in [5.74, 6) is 0.703. The Kier molecular flexibility index (Phi) is 10.6. The Bertz CT molecular complexity index is 735. The fourth-order valence-corrected chi connectivity index (χ4v) is 3.03. The van der Waals surface area contributed by atoms with Gasteiger partial charge in [0.2, 0.25) is 0 Å². The lowest BCUT2D eigenvalue weighted by Crippen LogP contribution is -2.13. The Labute approximate surface area is 178 Å². The number of carbonyl (C=O) groups excluding carboxylic acids is 2. The summed E-state index contributed by atoms with van der Waals surface area (Å²) < 4.78 is 21.0. The van der Waals surface area contributed by atoms with Crippen molar-refractivity contribution in [3.63, 3.8) is 0 Å². The lowest BCUT2D eigenvalue weighted by molar-refractivity contribution is 0.0958. The first kappa shape index (κ1) is 23.5. The van der Waals surface area contributed by atoms with Crippen molar-refractivity contribution in [2.24, 2.45) is 0 Å². The number of rotatable bonds is 12. The minimum absolute atomic E-state index is 0.335. The van der Waals surface area contributed by atoms with Gasteiger partial charge in [-0.1, -0.05) is 76.6 Å². The van der Waals surface area contributed by atoms with Crippen molar-refractivity contribution in [1.29, 1.82) is 0 Å². The fraction of sp³-hybridized carbons (Fsp3) is 0.500. The minimum atomic E-state index is -0.739. The Hall–Kier alpha value is -2.76. The number of fused-ring (bicyclic) bond motifs is 1. The van der Waals surface area contributed by atoms with Crippen LogP contribution in [0.2, 0.25) is 0 Å². The van der Waals surface area contributed by atoms with Crippen LogP contribution in [-0.2, 0) is 9.47 Å². The van der Waals surface area contributed by atoms with Crippen molar-refractivity contribution in [3.05, 3.63) is 36.4 Å². The van der Waals surface area contributed by atoms with Gasteiger partial charge in [-0.2, -0.15) is 0 Å². The van der Waals surface area contributed by atoms with Crippen LogP contribution in [0.1, 0.15) is 65.2 Å². The number of benzene rings is 2. The van der Waals surface area contributed by atoms with Crippen LogP contribution >= 0.6 is 0 Å². The highest BCUT2D eigenvalue weighted by Gasteiger charge is 2.15. The Morgan fingerprint density at radius 1 is 0.633 bits per heavy atom. The Morgan fingerprint density at radius 3 is 1.47 bits per heavy atom. The third-order valence-electron chi connectivity index (χ3n) is 4.67. The molecule has 164 valence electrons. The van der Waals surface area contributed by atoms with Crippen LogP contribution in [-0.4, -0.2) is 25.5 Å². The maximum Gasteiger partial charge on any atom is 0.513 e. The number of hydrogen-bond donors (Lipinski definition) is 0. The average Bonchev–Trinajstić information content (AvgIpc) is 2.75. The molecule has 0 amide bonds. The molecule has 0 aromatic heterocycles. The SMILES string of the molecule is CCCCCCOC(=O)Oc1ccc(OC(=O)OCCCCCC)c2ccccc12. The number of hydrogen-bond acceptors (Lipinski definition) is 6. The van der Waals surface area contributed by atoms with Crippen molar-refractivity contribution in [3.8, 4) is 11.5 Å². The molecule has 0 atom stereocenters. The molecule has 2 aromatic carbocycles. The van der Waals surface area contributed by atoms with Gasteiger partial charge in [0.15, 0.2) is 0 Å². The predicted octanol–water partition coefficient (Wildman–Crippen LogP) is 7.03. The highest BCUT2D eigenvalue weighted by atomic mass is 16.7. The second kappa shape index (κ2) is 13.5. The van der Waals surface area contributed by atoms with E-state index >= 15 is 0 Å². The first-order chi connectivity index (χ1) is 14.7. The van der Waals surface area contributed by atoms with E-state index in [4.69, 9.17) is 18.9 Å². The van der Waals surface area contributed by atoms with Gasteiger partial charge in [0.05, 0.1) is 13.2 Å². The molecule has 6 nitrogen and oxygen atoms in total. The molecule has 0 N–H and O–H groups in total. The molecule has 0 aliphatic heterocycles. The first-order valence-electron chi connectivity index (χ1n) is 10.9. The number of ether oxygens (including phenoxy) is 4. The highest BCUT2D eigenvalue weighted by molar-refractivity contribution is 5.95. The van der Waals surface area contributed by atoms with Crippen molar-refractivity contribution in [2.75, 3.05) is 13.2 Å². The van der Waals surface area contributed by atoms with Crippen LogP contribution in [0, 0.1) is 0 Å². The lowest BCUT2D eigenvalue weighted by atomic mass is 10.1. The number of unbranched alkanes of at least 4 members (excludes halogenated alkanes) is 6. The van der Waals surface area contributed by atoms with E-state index in [0.29, 0.717) is 35.5 Å².